The topological polar surface area (TPSA) is 93.0 Å². The van der Waals surface area contributed by atoms with Gasteiger partial charge in [-0.15, -0.1) is 0 Å². The summed E-state index contributed by atoms with van der Waals surface area (Å²) < 4.78 is 0. The summed E-state index contributed by atoms with van der Waals surface area (Å²) >= 11 is 0. The van der Waals surface area contributed by atoms with E-state index in [1.54, 1.807) is 11.1 Å². The van der Waals surface area contributed by atoms with Gasteiger partial charge in [-0.2, -0.15) is 0 Å². The van der Waals surface area contributed by atoms with Crippen molar-refractivity contribution in [3.05, 3.63) is 18.1 Å². The Morgan fingerprint density at radius 3 is 2.64 bits per heavy atom. The highest BCUT2D eigenvalue weighted by molar-refractivity contribution is 5.92. The number of piperazine rings is 1. The van der Waals surface area contributed by atoms with Gasteiger partial charge < -0.3 is 24.9 Å². The third-order valence-corrected chi connectivity index (χ3v) is 5.40. The molecule has 3 rings (SSSR count). The molecule has 2 saturated heterocycles. The predicted molar refractivity (Wildman–Crippen MR) is 93.5 cm³/mol. The highest BCUT2D eigenvalue weighted by atomic mass is 16.3. The Kier molecular flexibility index (Phi) is 5.21. The lowest BCUT2D eigenvalue weighted by atomic mass is 9.86. The number of anilines is 1. The summed E-state index contributed by atoms with van der Waals surface area (Å²) in [5.74, 6) is 0.460. The van der Waals surface area contributed by atoms with E-state index < -0.39 is 11.7 Å². The molecular formula is C17H27N5O3. The quantitative estimate of drug-likeness (QED) is 0.765. The molecule has 1 aromatic rings. The maximum Gasteiger partial charge on any atom is 0.274 e. The molecule has 0 unspecified atom stereocenters. The van der Waals surface area contributed by atoms with E-state index in [0.717, 1.165) is 13.1 Å². The van der Waals surface area contributed by atoms with Crippen LogP contribution in [0.3, 0.4) is 0 Å². The van der Waals surface area contributed by atoms with Crippen LogP contribution in [0.4, 0.5) is 5.82 Å². The van der Waals surface area contributed by atoms with Gasteiger partial charge in [-0.05, 0) is 19.9 Å². The van der Waals surface area contributed by atoms with Gasteiger partial charge in [0.15, 0.2) is 0 Å². The van der Waals surface area contributed by atoms with Gasteiger partial charge in [-0.3, -0.25) is 9.78 Å². The molecule has 25 heavy (non-hydrogen) atoms. The van der Waals surface area contributed by atoms with Crippen LogP contribution in [0.2, 0.25) is 0 Å². The molecule has 0 bridgehead atoms. The number of piperidine rings is 1. The van der Waals surface area contributed by atoms with Crippen molar-refractivity contribution in [3.8, 4) is 0 Å². The lowest BCUT2D eigenvalue weighted by Gasteiger charge is -2.42. The zero-order valence-corrected chi connectivity index (χ0v) is 14.9. The van der Waals surface area contributed by atoms with Crippen molar-refractivity contribution in [3.63, 3.8) is 0 Å². The molecule has 0 saturated carbocycles. The SMILES string of the molecule is CC[C@@]1(O)CCN(c2cncc(C(=O)N3CCN(C)CC3)n2)C[C@H]1O. The van der Waals surface area contributed by atoms with E-state index in [4.69, 9.17) is 0 Å². The number of aromatic nitrogens is 2. The van der Waals surface area contributed by atoms with Crippen molar-refractivity contribution in [2.24, 2.45) is 0 Å². The van der Waals surface area contributed by atoms with E-state index >= 15 is 0 Å². The largest absolute Gasteiger partial charge is 0.388 e. The van der Waals surface area contributed by atoms with E-state index in [1.807, 2.05) is 18.9 Å². The molecule has 2 aliphatic heterocycles. The summed E-state index contributed by atoms with van der Waals surface area (Å²) in [6.45, 7) is 5.81. The second-order valence-corrected chi connectivity index (χ2v) is 7.03. The van der Waals surface area contributed by atoms with E-state index in [-0.39, 0.29) is 12.5 Å². The van der Waals surface area contributed by atoms with Crippen molar-refractivity contribution in [2.75, 3.05) is 51.2 Å². The van der Waals surface area contributed by atoms with Crippen LogP contribution in [0.5, 0.6) is 0 Å². The Bertz CT molecular complexity index is 620. The predicted octanol–water partition coefficient (Wildman–Crippen LogP) is -0.424. The number of likely N-dealkylation sites (N-methyl/N-ethyl adjacent to an activating group) is 1. The first-order valence-electron chi connectivity index (χ1n) is 8.88. The third-order valence-electron chi connectivity index (χ3n) is 5.40. The Morgan fingerprint density at radius 2 is 2.00 bits per heavy atom. The van der Waals surface area contributed by atoms with Crippen molar-refractivity contribution in [2.45, 2.75) is 31.5 Å². The van der Waals surface area contributed by atoms with Crippen molar-refractivity contribution >= 4 is 11.7 Å². The summed E-state index contributed by atoms with van der Waals surface area (Å²) in [6.07, 6.45) is 3.22. The van der Waals surface area contributed by atoms with Gasteiger partial charge >= 0.3 is 0 Å². The molecule has 2 N–H and O–H groups in total. The average molecular weight is 349 g/mol. The monoisotopic (exact) mass is 349 g/mol. The number of nitrogens with zero attached hydrogens (tertiary/aromatic N) is 5. The van der Waals surface area contributed by atoms with E-state index in [2.05, 4.69) is 14.9 Å². The van der Waals surface area contributed by atoms with Gasteiger partial charge in [0.1, 0.15) is 17.6 Å². The second-order valence-electron chi connectivity index (χ2n) is 7.03. The fourth-order valence-electron chi connectivity index (χ4n) is 3.37. The molecule has 8 nitrogen and oxygen atoms in total. The Hall–Kier alpha value is -1.77. The Morgan fingerprint density at radius 1 is 1.28 bits per heavy atom. The van der Waals surface area contributed by atoms with Gasteiger partial charge in [-0.1, -0.05) is 6.92 Å². The third kappa shape index (κ3) is 3.75. The highest BCUT2D eigenvalue weighted by Crippen LogP contribution is 2.28. The average Bonchev–Trinajstić information content (AvgIpc) is 2.64. The van der Waals surface area contributed by atoms with E-state index in [9.17, 15) is 15.0 Å². The van der Waals surface area contributed by atoms with Crippen LogP contribution in [0.25, 0.3) is 0 Å². The lowest BCUT2D eigenvalue weighted by Crippen LogP contribution is -2.55. The summed E-state index contributed by atoms with van der Waals surface area (Å²) in [7, 11) is 2.04. The van der Waals surface area contributed by atoms with Gasteiger partial charge in [0.2, 0.25) is 0 Å². The molecule has 1 aromatic heterocycles. The number of aliphatic hydroxyl groups is 2. The number of hydrogen-bond acceptors (Lipinski definition) is 7. The van der Waals surface area contributed by atoms with Crippen LogP contribution in [0.1, 0.15) is 30.3 Å². The molecule has 0 spiro atoms. The smallest absolute Gasteiger partial charge is 0.274 e. The summed E-state index contributed by atoms with van der Waals surface area (Å²) in [5.41, 5.74) is -0.718. The van der Waals surface area contributed by atoms with E-state index in [1.165, 1.54) is 6.20 Å². The zero-order chi connectivity index (χ0) is 18.0. The second kappa shape index (κ2) is 7.23. The molecule has 0 aromatic carbocycles. The normalized spacial score (nSPS) is 28.2. The number of amides is 1. The zero-order valence-electron chi connectivity index (χ0n) is 14.9. The first-order chi connectivity index (χ1) is 11.9. The van der Waals surface area contributed by atoms with Gasteiger partial charge in [0.25, 0.3) is 5.91 Å². The number of rotatable bonds is 3. The van der Waals surface area contributed by atoms with Crippen LogP contribution in [0.15, 0.2) is 12.4 Å². The van der Waals surface area contributed by atoms with Crippen LogP contribution < -0.4 is 4.90 Å². The number of β-amino-alcohol motifs (C(OH)–C–C–N with tert-alkyl or cyclic N) is 1. The van der Waals surface area contributed by atoms with Crippen LogP contribution in [0, 0.1) is 0 Å². The Labute approximate surface area is 148 Å². The van der Waals surface area contributed by atoms with Gasteiger partial charge in [0, 0.05) is 39.3 Å². The molecule has 3 heterocycles. The lowest BCUT2D eigenvalue weighted by molar-refractivity contribution is -0.0880. The molecular weight excluding hydrogens is 322 g/mol. The maximum atomic E-state index is 12.7. The molecule has 0 aliphatic carbocycles. The first-order valence-corrected chi connectivity index (χ1v) is 8.88. The fourth-order valence-corrected chi connectivity index (χ4v) is 3.37. The first kappa shape index (κ1) is 18.0. The van der Waals surface area contributed by atoms with Crippen molar-refractivity contribution < 1.29 is 15.0 Å². The number of aliphatic hydroxyl groups excluding tert-OH is 1. The van der Waals surface area contributed by atoms with Crippen LogP contribution >= 0.6 is 0 Å². The number of carbonyl (C=O) groups excluding carboxylic acids is 1. The molecule has 138 valence electrons. The maximum absolute atomic E-state index is 12.7. The number of carbonyl (C=O) groups is 1. The van der Waals surface area contributed by atoms with E-state index in [0.29, 0.717) is 44.0 Å². The fraction of sp³-hybridized carbons (Fsp3) is 0.706. The molecule has 0 radical (unpaired) electrons. The minimum Gasteiger partial charge on any atom is -0.388 e. The van der Waals surface area contributed by atoms with Crippen molar-refractivity contribution in [1.82, 2.24) is 19.8 Å². The summed E-state index contributed by atoms with van der Waals surface area (Å²) in [4.78, 5) is 27.2. The number of hydrogen-bond donors (Lipinski definition) is 2. The summed E-state index contributed by atoms with van der Waals surface area (Å²) in [5, 5.41) is 20.6. The minimum absolute atomic E-state index is 0.106. The standard InChI is InChI=1S/C17H27N5O3/c1-3-17(25)4-5-22(12-14(17)23)15-11-18-10-13(19-15)16(24)21-8-6-20(2)7-9-21/h10-11,14,23,25H,3-9,12H2,1-2H3/t14-,17-/m1/s1. The molecule has 8 heteroatoms. The molecule has 2 aliphatic rings. The van der Waals surface area contributed by atoms with Crippen LogP contribution in [-0.4, -0.2) is 93.9 Å². The molecule has 2 fully saturated rings. The van der Waals surface area contributed by atoms with Gasteiger partial charge in [0.05, 0.1) is 18.0 Å². The highest BCUT2D eigenvalue weighted by Gasteiger charge is 2.39. The minimum atomic E-state index is -1.04. The van der Waals surface area contributed by atoms with Crippen molar-refractivity contribution in [1.29, 1.82) is 0 Å². The summed E-state index contributed by atoms with van der Waals surface area (Å²) in [6, 6.07) is 0. The Balaban J connectivity index is 1.71. The van der Waals surface area contributed by atoms with Gasteiger partial charge in [-0.25, -0.2) is 4.98 Å². The van der Waals surface area contributed by atoms with Crippen LogP contribution in [-0.2, 0) is 0 Å². The molecule has 2 atom stereocenters. The molecule has 1 amide bonds.